The van der Waals surface area contributed by atoms with Gasteiger partial charge in [0.15, 0.2) is 7.28 Å². The molecule has 9 aromatic carbocycles. The summed E-state index contributed by atoms with van der Waals surface area (Å²) in [6, 6.07) is 63.7. The van der Waals surface area contributed by atoms with Crippen molar-refractivity contribution in [2.75, 3.05) is 10.2 Å². The first-order valence-electron chi connectivity index (χ1n) is 23.8. The van der Waals surface area contributed by atoms with Crippen LogP contribution in [0.25, 0.3) is 69.6 Å². The molecule has 1 N–H and O–H groups in total. The molecule has 0 atom stereocenters. The molecule has 2 aliphatic rings. The van der Waals surface area contributed by atoms with E-state index in [0.29, 0.717) is 0 Å². The molecular formula is C62H51BN3S. The van der Waals surface area contributed by atoms with Gasteiger partial charge in [-0.3, -0.25) is 0 Å². The van der Waals surface area contributed by atoms with Crippen molar-refractivity contribution < 1.29 is 0 Å². The summed E-state index contributed by atoms with van der Waals surface area (Å²) in [7, 11) is 2.50. The van der Waals surface area contributed by atoms with Crippen LogP contribution in [-0.4, -0.2) is 11.8 Å². The summed E-state index contributed by atoms with van der Waals surface area (Å²) in [6.07, 6.45) is 2.31. The van der Waals surface area contributed by atoms with Gasteiger partial charge in [-0.15, -0.1) is 11.3 Å². The summed E-state index contributed by atoms with van der Waals surface area (Å²) < 4.78 is 5.21. The molecule has 0 fully saturated rings. The van der Waals surface area contributed by atoms with Crippen LogP contribution in [-0.2, 0) is 10.8 Å². The van der Waals surface area contributed by atoms with Gasteiger partial charge in [0, 0.05) is 64.9 Å². The van der Waals surface area contributed by atoms with Gasteiger partial charge in [-0.05, 0) is 143 Å². The van der Waals surface area contributed by atoms with E-state index in [2.05, 4.69) is 233 Å². The normalized spacial score (nSPS) is 14.7. The predicted molar refractivity (Wildman–Crippen MR) is 291 cm³/mol. The molecule has 0 saturated heterocycles. The average molecular weight is 881 g/mol. The molecule has 67 heavy (non-hydrogen) atoms. The van der Waals surface area contributed by atoms with Crippen molar-refractivity contribution in [1.82, 2.24) is 4.57 Å². The van der Waals surface area contributed by atoms with Gasteiger partial charge in [-0.1, -0.05) is 141 Å². The number of thiophene rings is 1. The largest absolute Gasteiger partial charge is 0.355 e. The molecule has 0 saturated carbocycles. The second-order valence-corrected chi connectivity index (χ2v) is 21.5. The Hall–Kier alpha value is -7.08. The third-order valence-electron chi connectivity index (χ3n) is 15.1. The molecule has 1 radical (unpaired) electrons. The van der Waals surface area contributed by atoms with Gasteiger partial charge in [0.2, 0.25) is 0 Å². The molecule has 3 heterocycles. The van der Waals surface area contributed by atoms with Crippen LogP contribution in [0.3, 0.4) is 0 Å². The minimum absolute atomic E-state index is 0.0355. The van der Waals surface area contributed by atoms with E-state index in [-0.39, 0.29) is 10.8 Å². The second kappa shape index (κ2) is 14.7. The van der Waals surface area contributed by atoms with E-state index >= 15 is 0 Å². The molecule has 1 aliphatic carbocycles. The Balaban J connectivity index is 1.25. The monoisotopic (exact) mass is 880 g/mol. The average Bonchev–Trinajstić information content (AvgIpc) is 3.89. The van der Waals surface area contributed by atoms with Gasteiger partial charge in [-0.25, -0.2) is 0 Å². The highest BCUT2D eigenvalue weighted by molar-refractivity contribution is 7.26. The Labute approximate surface area is 397 Å². The number of nitrogens with one attached hydrogen (secondary N) is 1. The third kappa shape index (κ3) is 6.17. The van der Waals surface area contributed by atoms with Crippen LogP contribution >= 0.6 is 11.3 Å². The number of rotatable bonds is 6. The molecule has 0 bridgehead atoms. The van der Waals surface area contributed by atoms with Gasteiger partial charge < -0.3 is 14.8 Å². The topological polar surface area (TPSA) is 20.2 Å². The van der Waals surface area contributed by atoms with Crippen molar-refractivity contribution in [3.63, 3.8) is 0 Å². The number of anilines is 5. The maximum Gasteiger partial charge on any atom is 0.197 e. The third-order valence-corrected chi connectivity index (χ3v) is 16.3. The number of fused-ring (bicyclic) bond motifs is 11. The van der Waals surface area contributed by atoms with E-state index in [1.165, 1.54) is 103 Å². The van der Waals surface area contributed by atoms with Crippen molar-refractivity contribution in [1.29, 1.82) is 0 Å². The Kier molecular flexibility index (Phi) is 8.83. The summed E-state index contributed by atoms with van der Waals surface area (Å²) in [5, 5.41) is 11.7. The Morgan fingerprint density at radius 3 is 2.00 bits per heavy atom. The first kappa shape index (κ1) is 40.2. The number of benzene rings is 9. The number of hydrogen-bond donors (Lipinski definition) is 1. The van der Waals surface area contributed by atoms with Crippen molar-refractivity contribution in [2.45, 2.75) is 65.2 Å². The van der Waals surface area contributed by atoms with Crippen molar-refractivity contribution in [3.05, 3.63) is 192 Å². The van der Waals surface area contributed by atoms with Crippen LogP contribution in [0.15, 0.2) is 170 Å². The SMILES string of the molecule is Cc1ccc(Nc2ccc3c(sc4ccc5ccccc5c43)c2-c2cc(N(c3ccccc3)c3ccccc3)c3c4cc5c(cc4n4c3c2[B]c2cc(C)ccc2-4)C(C)(C)CCC5(C)C)cc1. The maximum atomic E-state index is 4.00. The number of para-hydroxylation sites is 2. The summed E-state index contributed by atoms with van der Waals surface area (Å²) >= 11 is 1.91. The van der Waals surface area contributed by atoms with Gasteiger partial charge in [-0.2, -0.15) is 0 Å². The molecule has 1 aliphatic heterocycles. The summed E-state index contributed by atoms with van der Waals surface area (Å²) in [6.45, 7) is 14.2. The van der Waals surface area contributed by atoms with Crippen molar-refractivity contribution in [2.24, 2.45) is 0 Å². The number of aryl methyl sites for hydroxylation is 2. The Bertz CT molecular complexity index is 3780. The zero-order valence-corrected chi connectivity index (χ0v) is 39.8. The molecule has 3 nitrogen and oxygen atoms in total. The Morgan fingerprint density at radius 1 is 0.597 bits per heavy atom. The molecule has 0 amide bonds. The first-order valence-corrected chi connectivity index (χ1v) is 24.6. The fourth-order valence-corrected chi connectivity index (χ4v) is 12.8. The van der Waals surface area contributed by atoms with E-state index < -0.39 is 0 Å². The van der Waals surface area contributed by atoms with E-state index in [4.69, 9.17) is 0 Å². The van der Waals surface area contributed by atoms with Crippen LogP contribution < -0.4 is 21.1 Å². The summed E-state index contributed by atoms with van der Waals surface area (Å²) in [5.41, 5.74) is 19.7. The maximum absolute atomic E-state index is 4.00. The van der Waals surface area contributed by atoms with Crippen molar-refractivity contribution >= 4 is 111 Å². The lowest BCUT2D eigenvalue weighted by atomic mass is 9.58. The second-order valence-electron chi connectivity index (χ2n) is 20.4. The van der Waals surface area contributed by atoms with E-state index in [1.54, 1.807) is 0 Å². The lowest BCUT2D eigenvalue weighted by Gasteiger charge is -2.42. The highest BCUT2D eigenvalue weighted by atomic mass is 32.1. The zero-order chi connectivity index (χ0) is 45.3. The quantitative estimate of drug-likeness (QED) is 0.168. The minimum atomic E-state index is 0.0355. The standard InChI is InChI=1S/C62H51BN3S/c1-37-21-25-40(26-22-37)64-50-28-27-44-55-43-20-14-13-15-39(43)24-30-54(55)67-60(44)56(50)46-35-53(65(41-16-9-7-10-17-41)42-18-11-8-12-19-42)57-45-34-47-48(62(5,6)32-31-61(47,3)4)36-52(45)66-51-29-23-38(2)33-49(51)63-58(46)59(57)66/h7-30,33-36,64H,31-32H2,1-6H3. The first-order chi connectivity index (χ1) is 32.5. The van der Waals surface area contributed by atoms with Gasteiger partial charge in [0.25, 0.3) is 0 Å². The van der Waals surface area contributed by atoms with Gasteiger partial charge >= 0.3 is 0 Å². The summed E-state index contributed by atoms with van der Waals surface area (Å²) in [4.78, 5) is 2.51. The highest BCUT2D eigenvalue weighted by Crippen LogP contribution is 2.53. The van der Waals surface area contributed by atoms with Crippen LogP contribution in [0, 0.1) is 13.8 Å². The fourth-order valence-electron chi connectivity index (χ4n) is 11.6. The molecule has 0 unspecified atom stereocenters. The van der Waals surface area contributed by atoms with Crippen LogP contribution in [0.5, 0.6) is 0 Å². The number of hydrogen-bond acceptors (Lipinski definition) is 3. The van der Waals surface area contributed by atoms with Crippen LogP contribution in [0.4, 0.5) is 28.4 Å². The Morgan fingerprint density at radius 2 is 1.27 bits per heavy atom. The molecule has 323 valence electrons. The van der Waals surface area contributed by atoms with Crippen molar-refractivity contribution in [3.8, 4) is 16.8 Å². The predicted octanol–water partition coefficient (Wildman–Crippen LogP) is 16.1. The zero-order valence-electron chi connectivity index (χ0n) is 39.0. The molecule has 0 spiro atoms. The van der Waals surface area contributed by atoms with E-state index in [9.17, 15) is 0 Å². The smallest absolute Gasteiger partial charge is 0.197 e. The van der Waals surface area contributed by atoms with Crippen LogP contribution in [0.1, 0.15) is 62.8 Å². The van der Waals surface area contributed by atoms with E-state index in [1.807, 2.05) is 11.3 Å². The highest BCUT2D eigenvalue weighted by Gasteiger charge is 2.39. The van der Waals surface area contributed by atoms with E-state index in [0.717, 1.165) is 41.3 Å². The van der Waals surface area contributed by atoms with Crippen LogP contribution in [0.2, 0.25) is 0 Å². The molecule has 5 heteroatoms. The van der Waals surface area contributed by atoms with Gasteiger partial charge in [0.1, 0.15) is 0 Å². The lowest BCUT2D eigenvalue weighted by molar-refractivity contribution is 0.332. The number of aromatic nitrogens is 1. The fraction of sp³-hybridized carbons (Fsp3) is 0.161. The molecule has 2 aromatic heterocycles. The molecule has 11 aromatic rings. The minimum Gasteiger partial charge on any atom is -0.355 e. The summed E-state index contributed by atoms with van der Waals surface area (Å²) in [5.74, 6) is 0. The molecule has 13 rings (SSSR count). The lowest BCUT2D eigenvalue weighted by Crippen LogP contribution is -2.37. The number of nitrogens with zero attached hydrogens (tertiary/aromatic N) is 2. The molecular weight excluding hydrogens is 830 g/mol. The van der Waals surface area contributed by atoms with Gasteiger partial charge in [0.05, 0.1) is 16.7 Å².